The Morgan fingerprint density at radius 1 is 1.00 bits per heavy atom. The van der Waals surface area contributed by atoms with Gasteiger partial charge in [0, 0.05) is 0 Å². The molecule has 0 aromatic heterocycles. The fourth-order valence-corrected chi connectivity index (χ4v) is 2.61. The Hall–Kier alpha value is -2.88. The Bertz CT molecular complexity index is 760. The summed E-state index contributed by atoms with van der Waals surface area (Å²) in [7, 11) is 0. The molecule has 4 nitrogen and oxygen atoms in total. The highest BCUT2D eigenvalue weighted by atomic mass is 16.5. The number of hydrogen-bond donors (Lipinski definition) is 0. The van der Waals surface area contributed by atoms with Gasteiger partial charge < -0.3 is 4.74 Å². The number of carbonyl (C=O) groups is 2. The molecule has 0 aliphatic carbocycles. The van der Waals surface area contributed by atoms with E-state index in [0.29, 0.717) is 23.4 Å². The first-order valence-electron chi connectivity index (χ1n) is 8.08. The summed E-state index contributed by atoms with van der Waals surface area (Å²) in [4.78, 5) is 26.2. The summed E-state index contributed by atoms with van der Waals surface area (Å²) in [5, 5.41) is 0. The molecule has 1 aliphatic rings. The smallest absolute Gasteiger partial charge is 0.266 e. The molecule has 2 aromatic rings. The molecular weight excluding hydrogens is 302 g/mol. The summed E-state index contributed by atoms with van der Waals surface area (Å²) in [6.07, 6.45) is 5.58. The van der Waals surface area contributed by atoms with Crippen molar-refractivity contribution in [3.63, 3.8) is 0 Å². The van der Waals surface area contributed by atoms with Crippen LogP contribution in [0.5, 0.6) is 0 Å². The Labute approximate surface area is 141 Å². The molecule has 0 unspecified atom stereocenters. The maximum absolute atomic E-state index is 12.5. The number of ether oxygens (including phenoxy) is 1. The Morgan fingerprint density at radius 3 is 2.38 bits per heavy atom. The third-order valence-corrected chi connectivity index (χ3v) is 3.89. The van der Waals surface area contributed by atoms with Gasteiger partial charge in [-0.3, -0.25) is 9.59 Å². The van der Waals surface area contributed by atoms with Crippen molar-refractivity contribution >= 4 is 23.6 Å². The summed E-state index contributed by atoms with van der Waals surface area (Å²) >= 11 is 0. The third kappa shape index (κ3) is 3.08. The molecule has 0 radical (unpaired) electrons. The number of hydrogen-bond acceptors (Lipinski definition) is 3. The molecule has 2 aromatic carbocycles. The molecule has 1 heterocycles. The minimum Gasteiger partial charge on any atom is -0.501 e. The van der Waals surface area contributed by atoms with Crippen molar-refractivity contribution in [3.8, 4) is 0 Å². The third-order valence-electron chi connectivity index (χ3n) is 3.89. The van der Waals surface area contributed by atoms with Gasteiger partial charge in [0.1, 0.15) is 0 Å². The van der Waals surface area contributed by atoms with E-state index in [2.05, 4.69) is 6.92 Å². The van der Waals surface area contributed by atoms with Gasteiger partial charge in [-0.15, -0.1) is 0 Å². The van der Waals surface area contributed by atoms with Crippen LogP contribution in [0.25, 0.3) is 6.08 Å². The van der Waals surface area contributed by atoms with E-state index in [1.54, 1.807) is 42.7 Å². The van der Waals surface area contributed by atoms with Crippen LogP contribution in [0, 0.1) is 0 Å². The highest BCUT2D eigenvalue weighted by Crippen LogP contribution is 2.28. The zero-order chi connectivity index (χ0) is 16.9. The Balaban J connectivity index is 1.80. The molecule has 24 heavy (non-hydrogen) atoms. The molecule has 0 atom stereocenters. The van der Waals surface area contributed by atoms with Crippen LogP contribution in [0.1, 0.15) is 46.0 Å². The van der Waals surface area contributed by atoms with Crippen molar-refractivity contribution in [1.82, 2.24) is 0 Å². The van der Waals surface area contributed by atoms with Crippen molar-refractivity contribution in [3.05, 3.63) is 71.5 Å². The predicted octanol–water partition coefficient (Wildman–Crippen LogP) is 4.27. The largest absolute Gasteiger partial charge is 0.501 e. The Morgan fingerprint density at radius 2 is 1.71 bits per heavy atom. The number of anilines is 1. The van der Waals surface area contributed by atoms with Crippen LogP contribution in [-0.4, -0.2) is 18.4 Å². The minimum atomic E-state index is -0.282. The van der Waals surface area contributed by atoms with E-state index in [1.807, 2.05) is 18.2 Å². The van der Waals surface area contributed by atoms with E-state index in [9.17, 15) is 9.59 Å². The lowest BCUT2D eigenvalue weighted by Crippen LogP contribution is -2.29. The monoisotopic (exact) mass is 321 g/mol. The average molecular weight is 321 g/mol. The van der Waals surface area contributed by atoms with Crippen LogP contribution in [0.4, 0.5) is 5.69 Å². The number of unbranched alkanes of at least 4 members (excludes halogenated alkanes) is 1. The van der Waals surface area contributed by atoms with Crippen molar-refractivity contribution in [2.75, 3.05) is 11.5 Å². The van der Waals surface area contributed by atoms with Crippen molar-refractivity contribution in [1.29, 1.82) is 0 Å². The summed E-state index contributed by atoms with van der Waals surface area (Å²) < 4.78 is 5.41. The van der Waals surface area contributed by atoms with Gasteiger partial charge in [-0.25, -0.2) is 4.90 Å². The Kier molecular flexibility index (Phi) is 4.75. The standard InChI is InChI=1S/C20H19NO3/c1-2-3-12-24-13-11-15-7-6-8-16(14-15)21-19(22)17-9-4-5-10-18(17)20(21)23/h4-11,13-14H,2-3,12H2,1H3/b13-11+. The van der Waals surface area contributed by atoms with Crippen LogP contribution in [-0.2, 0) is 4.74 Å². The summed E-state index contributed by atoms with van der Waals surface area (Å²) in [5.74, 6) is -0.563. The molecule has 2 amide bonds. The molecule has 0 N–H and O–H groups in total. The van der Waals surface area contributed by atoms with Gasteiger partial charge in [-0.2, -0.15) is 0 Å². The number of benzene rings is 2. The lowest BCUT2D eigenvalue weighted by Gasteiger charge is -2.14. The van der Waals surface area contributed by atoms with Crippen molar-refractivity contribution in [2.45, 2.75) is 19.8 Å². The van der Waals surface area contributed by atoms with E-state index in [0.717, 1.165) is 18.4 Å². The fourth-order valence-electron chi connectivity index (χ4n) is 2.61. The number of amides is 2. The number of rotatable bonds is 6. The number of carbonyl (C=O) groups excluding carboxylic acids is 2. The maximum atomic E-state index is 12.5. The van der Waals surface area contributed by atoms with Gasteiger partial charge in [-0.1, -0.05) is 37.6 Å². The van der Waals surface area contributed by atoms with Crippen LogP contribution in [0.15, 0.2) is 54.8 Å². The number of nitrogens with zero attached hydrogens (tertiary/aromatic N) is 1. The van der Waals surface area contributed by atoms with Gasteiger partial charge in [0.25, 0.3) is 11.8 Å². The first-order valence-corrected chi connectivity index (χ1v) is 8.08. The summed E-state index contributed by atoms with van der Waals surface area (Å²) in [6.45, 7) is 2.80. The van der Waals surface area contributed by atoms with E-state index in [4.69, 9.17) is 4.74 Å². The van der Waals surface area contributed by atoms with Gasteiger partial charge >= 0.3 is 0 Å². The molecule has 122 valence electrons. The number of imide groups is 1. The predicted molar refractivity (Wildman–Crippen MR) is 93.9 cm³/mol. The minimum absolute atomic E-state index is 0.282. The van der Waals surface area contributed by atoms with E-state index >= 15 is 0 Å². The van der Waals surface area contributed by atoms with Crippen LogP contribution in [0.2, 0.25) is 0 Å². The topological polar surface area (TPSA) is 46.6 Å². The molecule has 0 saturated carbocycles. The average Bonchev–Trinajstić information content (AvgIpc) is 2.86. The van der Waals surface area contributed by atoms with Crippen LogP contribution < -0.4 is 4.90 Å². The SMILES string of the molecule is CCCCO/C=C/c1cccc(N2C(=O)c3ccccc3C2=O)c1. The van der Waals surface area contributed by atoms with Crippen molar-refractivity contribution < 1.29 is 14.3 Å². The van der Waals surface area contributed by atoms with E-state index < -0.39 is 0 Å². The van der Waals surface area contributed by atoms with E-state index in [1.165, 1.54) is 4.90 Å². The first kappa shape index (κ1) is 16.0. The summed E-state index contributed by atoms with van der Waals surface area (Å²) in [5.41, 5.74) is 2.34. The van der Waals surface area contributed by atoms with Crippen LogP contribution in [0.3, 0.4) is 0 Å². The molecule has 4 heteroatoms. The second kappa shape index (κ2) is 7.13. The zero-order valence-corrected chi connectivity index (χ0v) is 13.6. The zero-order valence-electron chi connectivity index (χ0n) is 13.6. The molecular formula is C20H19NO3. The van der Waals surface area contributed by atoms with Crippen LogP contribution >= 0.6 is 0 Å². The molecule has 1 aliphatic heterocycles. The normalized spacial score (nSPS) is 13.6. The van der Waals surface area contributed by atoms with Gasteiger partial charge in [0.15, 0.2) is 0 Å². The van der Waals surface area contributed by atoms with Crippen molar-refractivity contribution in [2.24, 2.45) is 0 Å². The van der Waals surface area contributed by atoms with Gasteiger partial charge in [0.05, 0.1) is 29.7 Å². The van der Waals surface area contributed by atoms with Gasteiger partial charge in [0.2, 0.25) is 0 Å². The first-order chi connectivity index (χ1) is 11.7. The van der Waals surface area contributed by atoms with E-state index in [-0.39, 0.29) is 11.8 Å². The lowest BCUT2D eigenvalue weighted by molar-refractivity contribution is 0.0926. The highest BCUT2D eigenvalue weighted by Gasteiger charge is 2.36. The molecule has 3 rings (SSSR count). The number of fused-ring (bicyclic) bond motifs is 1. The quantitative estimate of drug-likeness (QED) is 0.453. The van der Waals surface area contributed by atoms with Gasteiger partial charge in [-0.05, 0) is 42.3 Å². The molecule has 0 fully saturated rings. The lowest BCUT2D eigenvalue weighted by atomic mass is 10.1. The highest BCUT2D eigenvalue weighted by molar-refractivity contribution is 6.34. The second-order valence-corrected chi connectivity index (χ2v) is 5.61. The molecule has 0 spiro atoms. The maximum Gasteiger partial charge on any atom is 0.266 e. The fraction of sp³-hybridized carbons (Fsp3) is 0.200. The summed E-state index contributed by atoms with van der Waals surface area (Å²) in [6, 6.07) is 14.2. The second-order valence-electron chi connectivity index (χ2n) is 5.61. The molecule has 0 saturated heterocycles. The molecule has 0 bridgehead atoms.